The number of benzene rings is 19. The summed E-state index contributed by atoms with van der Waals surface area (Å²) in [6.07, 6.45) is 3.64. The van der Waals surface area contributed by atoms with E-state index in [0.29, 0.717) is 11.8 Å². The summed E-state index contributed by atoms with van der Waals surface area (Å²) in [4.78, 5) is 35.7. The first kappa shape index (κ1) is 88.5. The van der Waals surface area contributed by atoms with E-state index in [9.17, 15) is 0 Å². The van der Waals surface area contributed by atoms with Crippen LogP contribution in [-0.2, 0) is 0 Å². The number of aromatic nitrogens is 10. The van der Waals surface area contributed by atoms with Gasteiger partial charge in [0.1, 0.15) is 5.82 Å². The number of nitrogens with zero attached hydrogens (tertiary/aromatic N) is 10. The fraction of sp³-hybridized carbons (Fsp3) is 0. The van der Waals surface area contributed by atoms with E-state index in [1.54, 1.807) is 0 Å². The molecule has 0 saturated heterocycles. The smallest absolute Gasteiger partial charge is 0.235 e. The molecule has 0 spiro atoms. The molecule has 30 aromatic rings. The minimum absolute atomic E-state index is 0.656. The molecule has 30 rings (SSSR count). The van der Waals surface area contributed by atoms with Crippen molar-refractivity contribution in [2.75, 3.05) is 0 Å². The van der Waals surface area contributed by atoms with Gasteiger partial charge in [0.25, 0.3) is 0 Å². The van der Waals surface area contributed by atoms with Gasteiger partial charge in [-0.25, -0.2) is 24.9 Å². The molecule has 0 radical (unpaired) electrons. The second-order valence-corrected chi connectivity index (χ2v) is 40.8. The van der Waals surface area contributed by atoms with Crippen LogP contribution < -0.4 is 0 Å². The zero-order valence-corrected chi connectivity index (χ0v) is 83.3. The summed E-state index contributed by atoms with van der Waals surface area (Å²) in [5.41, 5.74) is 32.5. The third kappa shape index (κ3) is 15.8. The Morgan fingerprint density at radius 2 is 0.487 bits per heavy atom. The van der Waals surface area contributed by atoms with Crippen LogP contribution in [0.5, 0.6) is 0 Å². The standard InChI is InChI=1S/2C46H29N3S.C45H28N4S/c1-5-14-30(15-6-1)34-24-26-41-38(28-34)36-25-27-42-43(37-23-13-22-35(45(37)50-42)31-16-7-2-8-17-31)44(36)49(41)46-47-39(32-18-9-3-10-19-32)29-40(48-46)33-20-11-4-12-21-33;1-5-14-30(15-6-1)34-24-26-40-38(28-34)36-25-27-41-43(37-23-13-22-35(45(37)50-41)31-16-7-2-8-17-31)44(36)49(40)42-29-39(32-18-9-3-10-19-32)47-46(48-42)33-20-11-4-12-21-33;1-3-12-29(13-4-1)31-20-22-41-36(26-31)34-21-23-42-43(35-17-11-16-33(45(35)50-42)30-14-5-2-6-15-30)44(34)49(41)32-27-39(37-18-7-9-24-46-37)48-40(28-32)38-19-8-10-25-47-38/h2*1-29H;1-28H. The zero-order chi connectivity index (χ0) is 99.1. The normalized spacial score (nSPS) is 11.6. The number of hydrogen-bond donors (Lipinski definition) is 0. The maximum Gasteiger partial charge on any atom is 0.235 e. The van der Waals surface area contributed by atoms with Gasteiger partial charge < -0.3 is 4.57 Å². The molecule has 0 unspecified atom stereocenters. The van der Waals surface area contributed by atoms with Crippen LogP contribution in [0.2, 0.25) is 0 Å². The van der Waals surface area contributed by atoms with Gasteiger partial charge >= 0.3 is 0 Å². The largest absolute Gasteiger partial charge is 0.308 e. The maximum atomic E-state index is 5.34. The van der Waals surface area contributed by atoms with Crippen molar-refractivity contribution in [1.29, 1.82) is 0 Å². The lowest BCUT2D eigenvalue weighted by Crippen LogP contribution is -2.04. The summed E-state index contributed by atoms with van der Waals surface area (Å²) in [7, 11) is 0. The highest BCUT2D eigenvalue weighted by Gasteiger charge is 2.29. The SMILES string of the molecule is c1ccc(-c2ccc3c(c2)c2ccc4sc5c(-c6ccccc6)cccc5c4c2n3-c2cc(-c3ccccc3)nc(-c3ccccc3)n2)cc1.c1ccc(-c2ccc3c(c2)c2ccc4sc5c(-c6ccccc6)cccc5c4c2n3-c2cc(-c3ccccn3)nc(-c3ccccn3)c2)cc1.c1ccc(-c2ccc3c(c2)c2ccc4sc5c(-c6ccccc6)cccc5c4c2n3-c2nc(-c3ccccc3)cc(-c3ccccc3)n2)cc1. The van der Waals surface area contributed by atoms with Gasteiger partial charge in [-0.3, -0.25) is 19.1 Å². The molecular formula is C137H86N10S3. The molecule has 0 aliphatic heterocycles. The van der Waals surface area contributed by atoms with Crippen molar-refractivity contribution in [2.24, 2.45) is 0 Å². The van der Waals surface area contributed by atoms with Crippen LogP contribution >= 0.6 is 34.0 Å². The van der Waals surface area contributed by atoms with E-state index in [-0.39, 0.29) is 0 Å². The van der Waals surface area contributed by atoms with Crippen LogP contribution in [0.3, 0.4) is 0 Å². The van der Waals surface area contributed by atoms with Crippen molar-refractivity contribution >= 4 is 160 Å². The van der Waals surface area contributed by atoms with Crippen molar-refractivity contribution in [3.63, 3.8) is 0 Å². The molecule has 19 aromatic carbocycles. The monoisotopic (exact) mass is 1970 g/mol. The van der Waals surface area contributed by atoms with E-state index in [0.717, 1.165) is 101 Å². The van der Waals surface area contributed by atoms with Crippen molar-refractivity contribution in [3.8, 4) is 152 Å². The Labute approximate surface area is 875 Å². The lowest BCUT2D eigenvalue weighted by Gasteiger charge is -2.13. The quantitative estimate of drug-likeness (QED) is 0.101. The third-order valence-corrected chi connectivity index (χ3v) is 32.4. The molecule has 0 bridgehead atoms. The molecule has 0 N–H and O–H groups in total. The van der Waals surface area contributed by atoms with Gasteiger partial charge in [0.05, 0.1) is 78.6 Å². The van der Waals surface area contributed by atoms with Crippen LogP contribution in [0.1, 0.15) is 0 Å². The Bertz CT molecular complexity index is 9290. The first-order valence-electron chi connectivity index (χ1n) is 50.4. The summed E-state index contributed by atoms with van der Waals surface area (Å²) in [6.45, 7) is 0. The van der Waals surface area contributed by atoms with E-state index in [1.165, 1.54) is 165 Å². The van der Waals surface area contributed by atoms with Crippen LogP contribution in [0, 0.1) is 0 Å². The highest BCUT2D eigenvalue weighted by molar-refractivity contribution is 7.27. The molecule has 0 fully saturated rings. The molecule has 0 amide bonds. The fourth-order valence-corrected chi connectivity index (χ4v) is 25.6. The minimum Gasteiger partial charge on any atom is -0.308 e. The third-order valence-electron chi connectivity index (χ3n) is 28.8. The van der Waals surface area contributed by atoms with Crippen molar-refractivity contribution < 1.29 is 0 Å². The van der Waals surface area contributed by atoms with Crippen LogP contribution in [0.25, 0.3) is 278 Å². The van der Waals surface area contributed by atoms with E-state index < -0.39 is 0 Å². The zero-order valence-electron chi connectivity index (χ0n) is 80.8. The Balaban J connectivity index is 0.000000108. The molecule has 11 heterocycles. The van der Waals surface area contributed by atoms with Gasteiger partial charge in [-0.15, -0.1) is 34.0 Å². The molecule has 150 heavy (non-hydrogen) atoms. The van der Waals surface area contributed by atoms with Crippen LogP contribution in [0.15, 0.2) is 522 Å². The highest BCUT2D eigenvalue weighted by Crippen LogP contribution is 2.52. The van der Waals surface area contributed by atoms with Gasteiger partial charge in [-0.05, 0) is 164 Å². The second kappa shape index (κ2) is 37.8. The molecule has 0 atom stereocenters. The molecule has 10 nitrogen and oxygen atoms in total. The average Bonchev–Trinajstić information content (AvgIpc) is 1.56. The summed E-state index contributed by atoms with van der Waals surface area (Å²) in [5.74, 6) is 2.20. The van der Waals surface area contributed by atoms with E-state index in [4.69, 9.17) is 34.9 Å². The Morgan fingerprint density at radius 3 is 0.847 bits per heavy atom. The Hall–Kier alpha value is -19.2. The van der Waals surface area contributed by atoms with Crippen molar-refractivity contribution in [3.05, 3.63) is 522 Å². The Morgan fingerprint density at radius 1 is 0.173 bits per heavy atom. The van der Waals surface area contributed by atoms with Gasteiger partial charge in [0.15, 0.2) is 5.82 Å². The van der Waals surface area contributed by atoms with Crippen molar-refractivity contribution in [2.45, 2.75) is 0 Å². The molecule has 0 saturated carbocycles. The number of thiophene rings is 3. The number of rotatable bonds is 15. The molecule has 702 valence electrons. The van der Waals surface area contributed by atoms with Crippen LogP contribution in [0.4, 0.5) is 0 Å². The molecule has 0 aliphatic rings. The Kier molecular flexibility index (Phi) is 22.3. The maximum absolute atomic E-state index is 5.34. The lowest BCUT2D eigenvalue weighted by atomic mass is 10.0. The summed E-state index contributed by atoms with van der Waals surface area (Å²) in [5, 5.41) is 14.7. The van der Waals surface area contributed by atoms with E-state index in [2.05, 4.69) is 450 Å². The van der Waals surface area contributed by atoms with Gasteiger partial charge in [-0.2, -0.15) is 0 Å². The highest BCUT2D eigenvalue weighted by atomic mass is 32.1. The summed E-state index contributed by atoms with van der Waals surface area (Å²) < 4.78 is 14.7. The van der Waals surface area contributed by atoms with Crippen molar-refractivity contribution in [1.82, 2.24) is 48.6 Å². The fourth-order valence-electron chi connectivity index (χ4n) is 21.9. The number of fused-ring (bicyclic) bond motifs is 21. The minimum atomic E-state index is 0.656. The average molecular weight is 1970 g/mol. The lowest BCUT2D eigenvalue weighted by molar-refractivity contribution is 0.998. The molecular weight excluding hydrogens is 1880 g/mol. The van der Waals surface area contributed by atoms with Crippen LogP contribution in [-0.4, -0.2) is 48.6 Å². The first-order chi connectivity index (χ1) is 74.4. The van der Waals surface area contributed by atoms with E-state index in [1.807, 2.05) is 119 Å². The molecule has 11 aromatic heterocycles. The second-order valence-electron chi connectivity index (χ2n) is 37.6. The predicted octanol–water partition coefficient (Wildman–Crippen LogP) is 37.2. The topological polar surface area (TPSA) is 105 Å². The predicted molar refractivity (Wildman–Crippen MR) is 631 cm³/mol. The summed E-state index contributed by atoms with van der Waals surface area (Å²) in [6, 6.07) is 181. The molecule has 0 aliphatic carbocycles. The van der Waals surface area contributed by atoms with Gasteiger partial charge in [0.2, 0.25) is 5.95 Å². The van der Waals surface area contributed by atoms with E-state index >= 15 is 0 Å². The first-order valence-corrected chi connectivity index (χ1v) is 52.8. The number of hydrogen-bond acceptors (Lipinski definition) is 10. The van der Waals surface area contributed by atoms with Gasteiger partial charge in [-0.1, -0.05) is 406 Å². The van der Waals surface area contributed by atoms with Gasteiger partial charge in [0, 0.05) is 134 Å². The summed E-state index contributed by atoms with van der Waals surface area (Å²) >= 11 is 5.59. The molecule has 13 heteroatoms. The number of pyridine rings is 3.